The number of carbonyl (C=O) groups is 1. The quantitative estimate of drug-likeness (QED) is 0.808. The average Bonchev–Trinajstić information content (AvgIpc) is 2.39. The number of nitrogens with zero attached hydrogens (tertiary/aromatic N) is 3. The van der Waals surface area contributed by atoms with Crippen LogP contribution in [0, 0.1) is 6.92 Å². The molecular weight excluding hydrogens is 242 g/mol. The summed E-state index contributed by atoms with van der Waals surface area (Å²) >= 11 is 0. The molecule has 0 aliphatic carbocycles. The van der Waals surface area contributed by atoms with E-state index < -0.39 is 0 Å². The Balaban J connectivity index is 1.97. The van der Waals surface area contributed by atoms with Crippen LogP contribution in [0.5, 0.6) is 0 Å². The van der Waals surface area contributed by atoms with Gasteiger partial charge in [-0.2, -0.15) is 0 Å². The number of aromatic nitrogens is 1. The molecule has 0 bridgehead atoms. The molecule has 1 fully saturated rings. The van der Waals surface area contributed by atoms with E-state index in [0.717, 1.165) is 24.5 Å². The number of rotatable bonds is 4. The van der Waals surface area contributed by atoms with Gasteiger partial charge in [-0.25, -0.2) is 4.98 Å². The molecule has 104 valence electrons. The largest absolute Gasteiger partial charge is 0.370 e. The molecule has 1 saturated heterocycles. The Kier molecular flexibility index (Phi) is 4.37. The third-order valence-electron chi connectivity index (χ3n) is 3.37. The zero-order valence-corrected chi connectivity index (χ0v) is 11.8. The maximum Gasteiger partial charge on any atom is 0.248 e. The summed E-state index contributed by atoms with van der Waals surface area (Å²) < 4.78 is 5.12. The number of amides is 1. The zero-order valence-electron chi connectivity index (χ0n) is 11.8. The molecule has 5 heteroatoms. The summed E-state index contributed by atoms with van der Waals surface area (Å²) in [4.78, 5) is 20.0. The summed E-state index contributed by atoms with van der Waals surface area (Å²) in [5.41, 5.74) is 2.23. The molecule has 0 aromatic carbocycles. The lowest BCUT2D eigenvalue weighted by molar-refractivity contribution is -0.142. The van der Waals surface area contributed by atoms with Gasteiger partial charge in [-0.1, -0.05) is 6.07 Å². The molecule has 0 unspecified atom stereocenters. The van der Waals surface area contributed by atoms with Crippen LogP contribution in [0.4, 0.5) is 5.82 Å². The van der Waals surface area contributed by atoms with Crippen LogP contribution in [0.1, 0.15) is 11.3 Å². The Hall–Kier alpha value is -1.62. The van der Waals surface area contributed by atoms with Crippen molar-refractivity contribution >= 4 is 11.7 Å². The van der Waals surface area contributed by atoms with Crippen LogP contribution in [-0.2, 0) is 16.0 Å². The molecular formula is C14H21N3O2. The van der Waals surface area contributed by atoms with Crippen molar-refractivity contribution in [3.05, 3.63) is 23.4 Å². The number of anilines is 1. The Morgan fingerprint density at radius 2 is 2.21 bits per heavy atom. The van der Waals surface area contributed by atoms with Crippen molar-refractivity contribution in [1.82, 2.24) is 9.88 Å². The molecule has 0 N–H and O–H groups in total. The second-order valence-electron chi connectivity index (χ2n) is 4.99. The Morgan fingerprint density at radius 3 is 2.84 bits per heavy atom. The van der Waals surface area contributed by atoms with E-state index in [1.54, 1.807) is 0 Å². The fraction of sp³-hybridized carbons (Fsp3) is 0.571. The number of morpholine rings is 1. The third-order valence-corrected chi connectivity index (χ3v) is 3.37. The third kappa shape index (κ3) is 3.44. The summed E-state index contributed by atoms with van der Waals surface area (Å²) in [6, 6.07) is 4.12. The number of hydrogen-bond acceptors (Lipinski definition) is 4. The Bertz CT molecular complexity index is 460. The van der Waals surface area contributed by atoms with Crippen molar-refractivity contribution in [3.63, 3.8) is 0 Å². The number of carbonyl (C=O) groups excluding carboxylic acids is 1. The molecule has 5 nitrogen and oxygen atoms in total. The molecule has 0 spiro atoms. The van der Waals surface area contributed by atoms with E-state index in [4.69, 9.17) is 4.74 Å². The second-order valence-corrected chi connectivity index (χ2v) is 4.99. The van der Waals surface area contributed by atoms with Crippen LogP contribution in [0.25, 0.3) is 0 Å². The maximum absolute atomic E-state index is 11.6. The van der Waals surface area contributed by atoms with E-state index in [-0.39, 0.29) is 12.5 Å². The first-order valence-electron chi connectivity index (χ1n) is 6.57. The van der Waals surface area contributed by atoms with Gasteiger partial charge in [0.15, 0.2) is 0 Å². The van der Waals surface area contributed by atoms with E-state index in [1.807, 2.05) is 36.9 Å². The van der Waals surface area contributed by atoms with Gasteiger partial charge in [0.05, 0.1) is 6.61 Å². The lowest BCUT2D eigenvalue weighted by atomic mass is 10.1. The van der Waals surface area contributed by atoms with Crippen LogP contribution >= 0.6 is 0 Å². The van der Waals surface area contributed by atoms with E-state index in [1.165, 1.54) is 5.56 Å². The minimum absolute atomic E-state index is 0.0850. The summed E-state index contributed by atoms with van der Waals surface area (Å²) in [6.07, 6.45) is 0.846. The first-order chi connectivity index (χ1) is 9.08. The predicted molar refractivity (Wildman–Crippen MR) is 74.4 cm³/mol. The summed E-state index contributed by atoms with van der Waals surface area (Å²) in [7, 11) is 3.96. The number of pyridine rings is 1. The van der Waals surface area contributed by atoms with Crippen molar-refractivity contribution in [2.24, 2.45) is 0 Å². The zero-order chi connectivity index (χ0) is 13.8. The number of ether oxygens (including phenoxy) is 1. The molecule has 2 rings (SSSR count). The Morgan fingerprint density at radius 1 is 1.42 bits per heavy atom. The highest BCUT2D eigenvalue weighted by atomic mass is 16.5. The van der Waals surface area contributed by atoms with E-state index in [0.29, 0.717) is 13.2 Å². The van der Waals surface area contributed by atoms with Crippen LogP contribution in [0.15, 0.2) is 12.1 Å². The van der Waals surface area contributed by atoms with Crippen molar-refractivity contribution < 1.29 is 9.53 Å². The highest BCUT2D eigenvalue weighted by molar-refractivity contribution is 5.78. The molecule has 1 aliphatic heterocycles. The van der Waals surface area contributed by atoms with E-state index in [2.05, 4.69) is 11.1 Å². The minimum atomic E-state index is 0.0850. The fourth-order valence-corrected chi connectivity index (χ4v) is 2.13. The maximum atomic E-state index is 11.6. The summed E-state index contributed by atoms with van der Waals surface area (Å²) in [6.45, 7) is 4.32. The second kappa shape index (κ2) is 6.02. The average molecular weight is 263 g/mol. The lowest BCUT2D eigenvalue weighted by Gasteiger charge is -2.27. The van der Waals surface area contributed by atoms with E-state index >= 15 is 0 Å². The highest BCUT2D eigenvalue weighted by Crippen LogP contribution is 2.14. The van der Waals surface area contributed by atoms with Gasteiger partial charge in [0, 0.05) is 32.9 Å². The standard InChI is InChI=1S/C14H21N3O2/c1-11-12(4-5-13(15-11)16(2)3)6-7-17-8-9-19-10-14(17)18/h4-5H,6-10H2,1-3H3. The number of aryl methyl sites for hydroxylation is 1. The van der Waals surface area contributed by atoms with Gasteiger partial charge in [-0.15, -0.1) is 0 Å². The molecule has 1 aromatic rings. The highest BCUT2D eigenvalue weighted by Gasteiger charge is 2.18. The van der Waals surface area contributed by atoms with Gasteiger partial charge >= 0.3 is 0 Å². The van der Waals surface area contributed by atoms with Crippen LogP contribution in [0.2, 0.25) is 0 Å². The first-order valence-corrected chi connectivity index (χ1v) is 6.57. The van der Waals surface area contributed by atoms with Gasteiger partial charge < -0.3 is 14.5 Å². The van der Waals surface area contributed by atoms with Gasteiger partial charge in [-0.05, 0) is 25.0 Å². The van der Waals surface area contributed by atoms with Gasteiger partial charge in [-0.3, -0.25) is 4.79 Å². The van der Waals surface area contributed by atoms with Gasteiger partial charge in [0.25, 0.3) is 0 Å². The minimum Gasteiger partial charge on any atom is -0.370 e. The SMILES string of the molecule is Cc1nc(N(C)C)ccc1CCN1CCOCC1=O. The topological polar surface area (TPSA) is 45.7 Å². The lowest BCUT2D eigenvalue weighted by Crippen LogP contribution is -2.42. The molecule has 1 aromatic heterocycles. The smallest absolute Gasteiger partial charge is 0.248 e. The van der Waals surface area contributed by atoms with Crippen molar-refractivity contribution in [2.45, 2.75) is 13.3 Å². The van der Waals surface area contributed by atoms with Gasteiger partial charge in [0.1, 0.15) is 12.4 Å². The molecule has 1 aliphatic rings. The van der Waals surface area contributed by atoms with Crippen LogP contribution in [0.3, 0.4) is 0 Å². The van der Waals surface area contributed by atoms with Crippen molar-refractivity contribution in [3.8, 4) is 0 Å². The fourth-order valence-electron chi connectivity index (χ4n) is 2.13. The number of hydrogen-bond donors (Lipinski definition) is 0. The van der Waals surface area contributed by atoms with Crippen molar-refractivity contribution in [2.75, 3.05) is 45.3 Å². The molecule has 19 heavy (non-hydrogen) atoms. The monoisotopic (exact) mass is 263 g/mol. The first kappa shape index (κ1) is 13.8. The van der Waals surface area contributed by atoms with Crippen LogP contribution < -0.4 is 4.90 Å². The van der Waals surface area contributed by atoms with Crippen LogP contribution in [-0.4, -0.2) is 56.2 Å². The van der Waals surface area contributed by atoms with E-state index in [9.17, 15) is 4.79 Å². The normalized spacial score (nSPS) is 15.7. The molecule has 1 amide bonds. The molecule has 0 atom stereocenters. The Labute approximate surface area is 114 Å². The summed E-state index contributed by atoms with van der Waals surface area (Å²) in [5, 5.41) is 0. The molecule has 0 radical (unpaired) electrons. The van der Waals surface area contributed by atoms with Crippen molar-refractivity contribution in [1.29, 1.82) is 0 Å². The predicted octanol–water partition coefficient (Wildman–Crippen LogP) is 0.857. The molecule has 0 saturated carbocycles. The summed E-state index contributed by atoms with van der Waals surface area (Å²) in [5.74, 6) is 1.05. The molecule has 2 heterocycles. The van der Waals surface area contributed by atoms with Gasteiger partial charge in [0.2, 0.25) is 5.91 Å².